The Morgan fingerprint density at radius 3 is 1.58 bits per heavy atom. The second-order valence-electron chi connectivity index (χ2n) is 14.4. The van der Waals surface area contributed by atoms with Crippen molar-refractivity contribution in [1.29, 1.82) is 0 Å². The molecule has 322 valence electrons. The van der Waals surface area contributed by atoms with Gasteiger partial charge in [-0.1, -0.05) is 42.5 Å². The second-order valence-corrected chi connectivity index (χ2v) is 16.9. The Bertz CT molecular complexity index is 1680. The van der Waals surface area contributed by atoms with E-state index in [-0.39, 0.29) is 59.7 Å². The molecule has 0 aromatic heterocycles. The first-order chi connectivity index (χ1) is 27.6. The van der Waals surface area contributed by atoms with Gasteiger partial charge in [0.25, 0.3) is 0 Å². The van der Waals surface area contributed by atoms with E-state index >= 15 is 0 Å². The van der Waals surface area contributed by atoms with Crippen LogP contribution in [0.15, 0.2) is 117 Å². The first kappa shape index (κ1) is 58.6. The van der Waals surface area contributed by atoms with E-state index in [0.29, 0.717) is 18.6 Å². The molecule has 6 rings (SSSR count). The van der Waals surface area contributed by atoms with E-state index in [9.17, 15) is 14.8 Å². The normalized spacial score (nSPS) is 15.9. The summed E-state index contributed by atoms with van der Waals surface area (Å²) in [4.78, 5) is 21.5. The molecule has 3 aliphatic heterocycles. The molecular weight excluding hydrogens is 1030 g/mol. The van der Waals surface area contributed by atoms with Crippen LogP contribution in [0.2, 0.25) is 20.5 Å². The van der Waals surface area contributed by atoms with Gasteiger partial charge >= 0.3 is 44.2 Å². The number of ketones is 1. The molecule has 18 heteroatoms. The van der Waals surface area contributed by atoms with Crippen molar-refractivity contribution in [3.05, 3.63) is 118 Å². The van der Waals surface area contributed by atoms with E-state index in [1.807, 2.05) is 85.2 Å². The van der Waals surface area contributed by atoms with Crippen LogP contribution in [0, 0.1) is 6.92 Å². The van der Waals surface area contributed by atoms with Crippen molar-refractivity contribution in [2.24, 2.45) is 4.99 Å². The molecule has 0 spiro atoms. The van der Waals surface area contributed by atoms with E-state index in [4.69, 9.17) is 10.8 Å². The summed E-state index contributed by atoms with van der Waals surface area (Å²) in [6.07, 6.45) is 9.51. The summed E-state index contributed by atoms with van der Waals surface area (Å²) in [5, 5.41) is 31.9. The molecule has 3 fully saturated rings. The molecule has 60 heavy (non-hydrogen) atoms. The van der Waals surface area contributed by atoms with Crippen LogP contribution >= 0.6 is 47.8 Å². The maximum Gasteiger partial charge on any atom is 2.00 e. The number of nitrogens with one attached hydrogen (secondary N) is 1. The Labute approximate surface area is 413 Å². The van der Waals surface area contributed by atoms with Gasteiger partial charge in [-0.2, -0.15) is 0 Å². The van der Waals surface area contributed by atoms with Gasteiger partial charge in [0, 0.05) is 48.9 Å². The number of aliphatic imine (C=N–C) groups is 1. The summed E-state index contributed by atoms with van der Waals surface area (Å²) >= 11 is 10.4. The van der Waals surface area contributed by atoms with Crippen LogP contribution in [0.3, 0.4) is 0 Å². The van der Waals surface area contributed by atoms with Gasteiger partial charge in [0.1, 0.15) is 5.78 Å². The molecule has 0 bridgehead atoms. The van der Waals surface area contributed by atoms with Crippen LogP contribution in [-0.2, 0) is 4.79 Å². The number of allylic oxidation sites excluding steroid dienone is 1. The average Bonchev–Trinajstić information content (AvgIpc) is 3.20. The summed E-state index contributed by atoms with van der Waals surface area (Å²) < 4.78 is 3.08. The molecule has 3 aromatic carbocycles. The third-order valence-corrected chi connectivity index (χ3v) is 12.0. The van der Waals surface area contributed by atoms with Gasteiger partial charge in [0.05, 0.1) is 5.69 Å². The summed E-state index contributed by atoms with van der Waals surface area (Å²) in [5.74, 6) is 0.317. The molecule has 0 unspecified atom stereocenters. The quantitative estimate of drug-likeness (QED) is 0.0855. The van der Waals surface area contributed by atoms with Crippen LogP contribution in [0.25, 0.3) is 0 Å². The standard InChI is InChI=1S/C15H22BBrN2O.C12H16BBrN2O.C6H12BNO2.C6H6BrN.C3H5.BrH.Mg/c1-3-8-15(9-11-19(12-10-15)16(2)20)18-14-7-5-4-6-13(14)17;1-13(17)16-8-6-10(7-9-16)15-12-5-3-2-4-11(12)14;1-7(10)8-4-2-6(9)3-5-8;7-5-3-1-2-4-6(5)8;1-3-2;;/h3-7,18,20H,1,8-12H2,2H3;2-5,17H,6-9H2,1H3;10H,2-5H2,1H3;1-4H,8H2;3H,1-2H2;1H;/q;;;;-1;;+2/p-1. The fourth-order valence-electron chi connectivity index (χ4n) is 6.43. The number of Topliss-reactive ketones (excluding diaryl/α,β-unsaturated/α-hetero) is 1. The zero-order valence-electron chi connectivity index (χ0n) is 35.5. The number of carbonyl (C=O) groups is 1. The Morgan fingerprint density at radius 2 is 1.17 bits per heavy atom. The Kier molecular flexibility index (Phi) is 31.5. The number of piperidine rings is 3. The number of nitrogen functional groups attached to an aromatic ring is 1. The van der Waals surface area contributed by atoms with Crippen LogP contribution < -0.4 is 28.0 Å². The predicted octanol–water partition coefficient (Wildman–Crippen LogP) is 5.53. The third kappa shape index (κ3) is 22.3. The molecular formula is C42H61B3Br4MgN6O4. The number of rotatable bonds is 8. The summed E-state index contributed by atoms with van der Waals surface area (Å²) in [6.45, 7) is 20.8. The number of benzene rings is 3. The van der Waals surface area contributed by atoms with Gasteiger partial charge in [-0.3, -0.25) is 9.79 Å². The van der Waals surface area contributed by atoms with Crippen molar-refractivity contribution in [1.82, 2.24) is 14.4 Å². The zero-order valence-corrected chi connectivity index (χ0v) is 43.2. The smallest absolute Gasteiger partial charge is 1.00 e. The van der Waals surface area contributed by atoms with Crippen molar-refractivity contribution >= 4 is 121 Å². The number of carbonyl (C=O) groups excluding carboxylic acids is 1. The maximum absolute atomic E-state index is 10.7. The molecule has 3 heterocycles. The van der Waals surface area contributed by atoms with Gasteiger partial charge < -0.3 is 57.5 Å². The van der Waals surface area contributed by atoms with Gasteiger partial charge in [-0.05, 0) is 176 Å². The second kappa shape index (κ2) is 32.3. The van der Waals surface area contributed by atoms with E-state index in [1.54, 1.807) is 6.82 Å². The third-order valence-electron chi connectivity index (χ3n) is 9.92. The Balaban J connectivity index is 0.000000786. The number of anilines is 2. The molecule has 6 N–H and O–H groups in total. The predicted molar refractivity (Wildman–Crippen MR) is 265 cm³/mol. The largest absolute Gasteiger partial charge is 2.00 e. The van der Waals surface area contributed by atoms with E-state index in [1.165, 1.54) is 11.8 Å². The van der Waals surface area contributed by atoms with Gasteiger partial charge in [-0.25, -0.2) is 19.6 Å². The monoisotopic (exact) mass is 1090 g/mol. The molecule has 3 aliphatic rings. The van der Waals surface area contributed by atoms with E-state index in [2.05, 4.69) is 99.9 Å². The first-order valence-electron chi connectivity index (χ1n) is 19.8. The van der Waals surface area contributed by atoms with Crippen molar-refractivity contribution in [3.63, 3.8) is 0 Å². The maximum atomic E-state index is 10.7. The van der Waals surface area contributed by atoms with Crippen molar-refractivity contribution in [3.8, 4) is 0 Å². The van der Waals surface area contributed by atoms with Crippen LogP contribution in [-0.4, -0.2) is 130 Å². The zero-order chi connectivity index (χ0) is 43.1. The molecule has 10 nitrogen and oxygen atoms in total. The van der Waals surface area contributed by atoms with E-state index < -0.39 is 7.05 Å². The Hall–Kier alpha value is -1.41. The number of hydrogen-bond donors (Lipinski definition) is 5. The topological polar surface area (TPSA) is 138 Å². The summed E-state index contributed by atoms with van der Waals surface area (Å²) in [6, 6.07) is 23.8. The minimum atomic E-state index is -0.395. The van der Waals surface area contributed by atoms with Gasteiger partial charge in [-0.15, -0.1) is 6.58 Å². The molecule has 0 aliphatic carbocycles. The minimum Gasteiger partial charge on any atom is -1.00 e. The van der Waals surface area contributed by atoms with Crippen LogP contribution in [0.5, 0.6) is 0 Å². The van der Waals surface area contributed by atoms with Crippen molar-refractivity contribution < 1.29 is 36.8 Å². The Morgan fingerprint density at radius 1 is 0.750 bits per heavy atom. The number of para-hydroxylation sites is 3. The first-order valence-corrected chi connectivity index (χ1v) is 22.2. The molecule has 0 saturated carbocycles. The number of nitrogens with two attached hydrogens (primary N) is 1. The van der Waals surface area contributed by atoms with Crippen molar-refractivity contribution in [2.75, 3.05) is 50.3 Å². The SMILES string of the molecule is C=CCC1(Nc2ccccc2Br)CCN(B(C)O)CC1.C=C[CH2-].CB(O)N1CCC(=Nc2ccccc2Br)CC1.CB(O)N1CCC(=O)CC1.Nc1ccccc1Br.[Br-].[Mg+2]. The molecule has 3 saturated heterocycles. The molecule has 0 radical (unpaired) electrons. The van der Waals surface area contributed by atoms with Crippen LogP contribution in [0.4, 0.5) is 17.1 Å². The number of hydrogen-bond acceptors (Lipinski definition) is 10. The molecule has 3 aromatic rings. The summed E-state index contributed by atoms with van der Waals surface area (Å²) in [5.41, 5.74) is 9.63. The molecule has 0 amide bonds. The number of nitrogens with zero attached hydrogens (tertiary/aromatic N) is 4. The molecule has 0 atom stereocenters. The number of halogens is 4. The average molecular weight is 1090 g/mol. The van der Waals surface area contributed by atoms with Crippen molar-refractivity contribution in [2.45, 2.75) is 71.0 Å². The minimum absolute atomic E-state index is 0. The van der Waals surface area contributed by atoms with Gasteiger partial charge in [0.2, 0.25) is 0 Å². The fraction of sp³-hybridized carbons (Fsp3) is 0.405. The van der Waals surface area contributed by atoms with E-state index in [0.717, 1.165) is 102 Å². The van der Waals surface area contributed by atoms with Gasteiger partial charge in [0.15, 0.2) is 0 Å². The summed E-state index contributed by atoms with van der Waals surface area (Å²) in [7, 11) is -1.10. The van der Waals surface area contributed by atoms with Crippen LogP contribution in [0.1, 0.15) is 44.9 Å². The fourth-order valence-corrected chi connectivity index (χ4v) is 7.48.